The Kier molecular flexibility index (Phi) is 7.15. The van der Waals surface area contributed by atoms with E-state index in [-0.39, 0.29) is 11.7 Å². The van der Waals surface area contributed by atoms with Crippen molar-refractivity contribution in [3.63, 3.8) is 0 Å². The molecule has 1 rings (SSSR count). The van der Waals surface area contributed by atoms with Crippen molar-refractivity contribution in [3.8, 4) is 0 Å². The second-order valence-electron chi connectivity index (χ2n) is 4.51. The zero-order valence-electron chi connectivity index (χ0n) is 10.8. The van der Waals surface area contributed by atoms with Crippen molar-refractivity contribution in [2.75, 3.05) is 12.4 Å². The van der Waals surface area contributed by atoms with Crippen LogP contribution >= 0.6 is 22.3 Å². The van der Waals surface area contributed by atoms with E-state index in [2.05, 4.69) is 0 Å². The van der Waals surface area contributed by atoms with Crippen molar-refractivity contribution in [1.82, 2.24) is 0 Å². The molecule has 0 aliphatic rings. The summed E-state index contributed by atoms with van der Waals surface area (Å²) in [6, 6.07) is 7.40. The van der Waals surface area contributed by atoms with E-state index in [9.17, 15) is 8.42 Å². The number of ether oxygens (including phenoxy) is 1. The molecule has 0 heterocycles. The Bertz CT molecular complexity index is 488. The molecule has 1 aromatic rings. The summed E-state index contributed by atoms with van der Waals surface area (Å²) < 4.78 is 27.7. The smallest absolute Gasteiger partial charge is 0.232 e. The Balaban J connectivity index is 2.44. The van der Waals surface area contributed by atoms with Crippen LogP contribution in [0.4, 0.5) is 0 Å². The van der Waals surface area contributed by atoms with Crippen molar-refractivity contribution < 1.29 is 13.2 Å². The second-order valence-corrected chi connectivity index (χ2v) is 7.76. The highest BCUT2D eigenvalue weighted by molar-refractivity contribution is 8.13. The third-order valence-electron chi connectivity index (χ3n) is 2.64. The summed E-state index contributed by atoms with van der Waals surface area (Å²) in [6.07, 6.45) is 1.68. The van der Waals surface area contributed by atoms with Crippen LogP contribution in [0.3, 0.4) is 0 Å². The van der Waals surface area contributed by atoms with Crippen molar-refractivity contribution in [2.45, 2.75) is 26.4 Å². The molecule has 1 atom stereocenters. The monoisotopic (exact) mass is 324 g/mol. The molecule has 0 N–H and O–H groups in total. The lowest BCUT2D eigenvalue weighted by Gasteiger charge is -2.14. The molecule has 0 radical (unpaired) electrons. The van der Waals surface area contributed by atoms with Gasteiger partial charge in [0.25, 0.3) is 0 Å². The van der Waals surface area contributed by atoms with Gasteiger partial charge in [-0.1, -0.05) is 37.1 Å². The predicted molar refractivity (Wildman–Crippen MR) is 79.1 cm³/mol. The minimum Gasteiger partial charge on any atom is -0.376 e. The molecule has 0 amide bonds. The van der Waals surface area contributed by atoms with Gasteiger partial charge in [0.15, 0.2) is 0 Å². The predicted octanol–water partition coefficient (Wildman–Crippen LogP) is 3.84. The summed E-state index contributed by atoms with van der Waals surface area (Å²) in [5, 5.41) is 0.662. The maximum absolute atomic E-state index is 11.1. The number of hydrogen-bond acceptors (Lipinski definition) is 3. The van der Waals surface area contributed by atoms with Crippen molar-refractivity contribution in [3.05, 3.63) is 34.9 Å². The van der Waals surface area contributed by atoms with Gasteiger partial charge in [-0.2, -0.15) is 0 Å². The summed E-state index contributed by atoms with van der Waals surface area (Å²) in [4.78, 5) is 0. The first-order valence-corrected chi connectivity index (χ1v) is 9.01. The number of benzene rings is 1. The van der Waals surface area contributed by atoms with Crippen molar-refractivity contribution in [2.24, 2.45) is 5.92 Å². The quantitative estimate of drug-likeness (QED) is 0.682. The van der Waals surface area contributed by atoms with Gasteiger partial charge in [0, 0.05) is 15.7 Å². The van der Waals surface area contributed by atoms with Gasteiger partial charge < -0.3 is 4.74 Å². The van der Waals surface area contributed by atoms with E-state index in [0.717, 1.165) is 18.4 Å². The molecule has 0 aromatic heterocycles. The zero-order valence-corrected chi connectivity index (χ0v) is 13.1. The summed E-state index contributed by atoms with van der Waals surface area (Å²) in [7, 11) is 1.80. The molecule has 0 saturated heterocycles. The molecule has 0 saturated carbocycles. The Hall–Kier alpha value is -0.290. The van der Waals surface area contributed by atoms with E-state index < -0.39 is 9.05 Å². The average Bonchev–Trinajstić information content (AvgIpc) is 2.27. The molecule has 6 heteroatoms. The normalized spacial score (nSPS) is 13.4. The first-order chi connectivity index (χ1) is 8.90. The Morgan fingerprint density at radius 2 is 2.11 bits per heavy atom. The number of halogens is 2. The molecular formula is C13H18Cl2O3S. The molecule has 1 unspecified atom stereocenters. The van der Waals surface area contributed by atoms with Gasteiger partial charge in [-0.15, -0.1) is 0 Å². The van der Waals surface area contributed by atoms with Gasteiger partial charge in [0.2, 0.25) is 9.05 Å². The van der Waals surface area contributed by atoms with Crippen LogP contribution in [0.15, 0.2) is 24.3 Å². The lowest BCUT2D eigenvalue weighted by molar-refractivity contribution is 0.0903. The summed E-state index contributed by atoms with van der Waals surface area (Å²) in [6.45, 7) is 2.81. The zero-order chi connectivity index (χ0) is 14.3. The largest absolute Gasteiger partial charge is 0.376 e. The molecule has 0 bridgehead atoms. The highest BCUT2D eigenvalue weighted by Gasteiger charge is 2.16. The number of rotatable bonds is 8. The van der Waals surface area contributed by atoms with Crippen LogP contribution in [-0.2, 0) is 20.4 Å². The van der Waals surface area contributed by atoms with Gasteiger partial charge in [0.05, 0.1) is 19.0 Å². The van der Waals surface area contributed by atoms with Gasteiger partial charge in [-0.05, 0) is 30.0 Å². The molecule has 0 aliphatic carbocycles. The standard InChI is InChI=1S/C13H18Cl2O3S/c1-2-4-12(10-19(15,16)17)9-18-8-11-5-3-6-13(14)7-11/h3,5-7,12H,2,4,8-10H2,1H3. The van der Waals surface area contributed by atoms with Crippen molar-refractivity contribution in [1.29, 1.82) is 0 Å². The third kappa shape index (κ3) is 7.78. The fourth-order valence-electron chi connectivity index (χ4n) is 1.87. The average molecular weight is 325 g/mol. The fourth-order valence-corrected chi connectivity index (χ4v) is 3.45. The van der Waals surface area contributed by atoms with Crippen LogP contribution in [-0.4, -0.2) is 20.8 Å². The second kappa shape index (κ2) is 8.10. The molecule has 0 fully saturated rings. The summed E-state index contributed by atoms with van der Waals surface area (Å²) in [5.41, 5.74) is 0.969. The molecular weight excluding hydrogens is 307 g/mol. The topological polar surface area (TPSA) is 43.4 Å². The van der Waals surface area contributed by atoms with E-state index in [1.165, 1.54) is 0 Å². The fraction of sp³-hybridized carbons (Fsp3) is 0.538. The molecule has 1 aromatic carbocycles. The van der Waals surface area contributed by atoms with E-state index in [0.29, 0.717) is 18.2 Å². The highest BCUT2D eigenvalue weighted by atomic mass is 35.7. The minimum atomic E-state index is -3.48. The van der Waals surface area contributed by atoms with Crippen molar-refractivity contribution >= 4 is 31.3 Å². The van der Waals surface area contributed by atoms with Crippen LogP contribution in [0.2, 0.25) is 5.02 Å². The van der Waals surface area contributed by atoms with Crippen LogP contribution in [0, 0.1) is 5.92 Å². The van der Waals surface area contributed by atoms with E-state index in [1.807, 2.05) is 25.1 Å². The molecule has 3 nitrogen and oxygen atoms in total. The summed E-state index contributed by atoms with van der Waals surface area (Å²) >= 11 is 5.87. The molecule has 19 heavy (non-hydrogen) atoms. The van der Waals surface area contributed by atoms with Crippen LogP contribution < -0.4 is 0 Å². The third-order valence-corrected chi connectivity index (χ3v) is 4.13. The summed E-state index contributed by atoms with van der Waals surface area (Å²) in [5.74, 6) is -0.107. The Labute approximate surface area is 124 Å². The Morgan fingerprint density at radius 1 is 1.37 bits per heavy atom. The minimum absolute atomic E-state index is 0.0437. The highest BCUT2D eigenvalue weighted by Crippen LogP contribution is 2.15. The first kappa shape index (κ1) is 16.8. The molecule has 0 aliphatic heterocycles. The maximum atomic E-state index is 11.1. The lowest BCUT2D eigenvalue weighted by atomic mass is 10.1. The van der Waals surface area contributed by atoms with E-state index >= 15 is 0 Å². The van der Waals surface area contributed by atoms with E-state index in [4.69, 9.17) is 27.0 Å². The van der Waals surface area contributed by atoms with Gasteiger partial charge in [-0.25, -0.2) is 8.42 Å². The SMILES string of the molecule is CCCC(COCc1cccc(Cl)c1)CS(=O)(=O)Cl. The van der Waals surface area contributed by atoms with Crippen LogP contribution in [0.5, 0.6) is 0 Å². The van der Waals surface area contributed by atoms with Gasteiger partial charge in [0.1, 0.15) is 0 Å². The number of hydrogen-bond donors (Lipinski definition) is 0. The Morgan fingerprint density at radius 3 is 2.68 bits per heavy atom. The van der Waals surface area contributed by atoms with E-state index in [1.54, 1.807) is 6.07 Å². The van der Waals surface area contributed by atoms with Gasteiger partial charge >= 0.3 is 0 Å². The maximum Gasteiger partial charge on any atom is 0.232 e. The van der Waals surface area contributed by atoms with Gasteiger partial charge in [-0.3, -0.25) is 0 Å². The first-order valence-electron chi connectivity index (χ1n) is 6.15. The molecule has 108 valence electrons. The molecule has 0 spiro atoms. The van der Waals surface area contributed by atoms with Crippen LogP contribution in [0.1, 0.15) is 25.3 Å². The van der Waals surface area contributed by atoms with Crippen LogP contribution in [0.25, 0.3) is 0 Å². The lowest BCUT2D eigenvalue weighted by Crippen LogP contribution is -2.18.